The maximum absolute atomic E-state index is 13.4. The lowest BCUT2D eigenvalue weighted by atomic mass is 9.98. The van der Waals surface area contributed by atoms with Crippen molar-refractivity contribution in [3.63, 3.8) is 0 Å². The number of anilines is 1. The van der Waals surface area contributed by atoms with Crippen molar-refractivity contribution in [1.82, 2.24) is 15.1 Å². The van der Waals surface area contributed by atoms with E-state index in [1.165, 1.54) is 0 Å². The fourth-order valence-electron chi connectivity index (χ4n) is 4.42. The molecule has 0 fully saturated rings. The maximum atomic E-state index is 13.4. The Morgan fingerprint density at radius 2 is 1.89 bits per heavy atom. The zero-order valence-corrected chi connectivity index (χ0v) is 20.9. The van der Waals surface area contributed by atoms with Gasteiger partial charge in [-0.3, -0.25) is 19.3 Å². The summed E-state index contributed by atoms with van der Waals surface area (Å²) in [6.07, 6.45) is 3.35. The van der Waals surface area contributed by atoms with E-state index >= 15 is 0 Å². The van der Waals surface area contributed by atoms with Crippen LogP contribution in [0, 0.1) is 20.8 Å². The summed E-state index contributed by atoms with van der Waals surface area (Å²) in [5, 5.41) is 8.37. The van der Waals surface area contributed by atoms with Crippen molar-refractivity contribution in [2.24, 2.45) is 0 Å². The molecule has 5 aromatic rings. The Labute approximate surface area is 210 Å². The maximum Gasteiger partial charge on any atom is 0.439 e. The molecule has 1 unspecified atom stereocenters. The van der Waals surface area contributed by atoms with Gasteiger partial charge < -0.3 is 9.73 Å². The van der Waals surface area contributed by atoms with E-state index in [2.05, 4.69) is 20.4 Å². The lowest BCUT2D eigenvalue weighted by Crippen LogP contribution is -2.13. The molecule has 2 aromatic carbocycles. The van der Waals surface area contributed by atoms with Crippen LogP contribution in [-0.2, 0) is 0 Å². The van der Waals surface area contributed by atoms with Crippen LogP contribution in [0.2, 0.25) is 5.02 Å². The van der Waals surface area contributed by atoms with E-state index in [1.807, 2.05) is 45.0 Å². The molecule has 36 heavy (non-hydrogen) atoms. The minimum atomic E-state index is -0.659. The minimum absolute atomic E-state index is 0.0875. The van der Waals surface area contributed by atoms with Gasteiger partial charge in [0.15, 0.2) is 11.3 Å². The fraction of sp³-hybridized carbons (Fsp3) is 0.185. The number of benzene rings is 2. The lowest BCUT2D eigenvalue weighted by Gasteiger charge is -2.21. The Hall–Kier alpha value is -4.17. The topological polar surface area (TPSA) is 114 Å². The van der Waals surface area contributed by atoms with Crippen LogP contribution in [0.5, 0.6) is 0 Å². The largest absolute Gasteiger partial charge is 0.455 e. The van der Waals surface area contributed by atoms with E-state index in [-0.39, 0.29) is 17.3 Å². The van der Waals surface area contributed by atoms with Crippen LogP contribution in [-0.4, -0.2) is 15.1 Å². The number of pyridine rings is 1. The summed E-state index contributed by atoms with van der Waals surface area (Å²) < 4.78 is 11.1. The van der Waals surface area contributed by atoms with Crippen LogP contribution >= 0.6 is 11.6 Å². The molecule has 9 heteroatoms. The third-order valence-electron chi connectivity index (χ3n) is 6.23. The number of rotatable bonds is 5. The average molecular weight is 503 g/mol. The van der Waals surface area contributed by atoms with E-state index in [0.29, 0.717) is 38.6 Å². The second-order valence-corrected chi connectivity index (χ2v) is 9.17. The summed E-state index contributed by atoms with van der Waals surface area (Å²) in [6, 6.07) is 10.8. The van der Waals surface area contributed by atoms with Gasteiger partial charge >= 0.3 is 5.76 Å². The molecule has 0 radical (unpaired) electrons. The monoisotopic (exact) mass is 502 g/mol. The molecule has 1 atom stereocenters. The molecule has 0 saturated heterocycles. The Morgan fingerprint density at radius 1 is 1.08 bits per heavy atom. The number of halogens is 1. The summed E-state index contributed by atoms with van der Waals surface area (Å²) in [5.41, 5.74) is 5.43. The number of H-pyrrole nitrogens is 1. The van der Waals surface area contributed by atoms with Crippen molar-refractivity contribution < 1.29 is 8.94 Å². The van der Waals surface area contributed by atoms with Crippen LogP contribution in [0.25, 0.3) is 33.7 Å². The Morgan fingerprint density at radius 3 is 2.58 bits per heavy atom. The van der Waals surface area contributed by atoms with Crippen LogP contribution < -0.4 is 16.5 Å². The normalized spacial score (nSPS) is 12.1. The van der Waals surface area contributed by atoms with Gasteiger partial charge in [0.05, 0.1) is 11.4 Å². The molecule has 5 rings (SSSR count). The second-order valence-electron chi connectivity index (χ2n) is 8.76. The SMILES string of the molecule is Cc1cc(C(C)Nc2ccc(Cl)c(C)c2-c2noc(=O)[nH]2)c2oc(-c3cccnc3)c(C)c(=O)c2c1. The first-order valence-corrected chi connectivity index (χ1v) is 11.7. The van der Waals surface area contributed by atoms with Gasteiger partial charge in [0.25, 0.3) is 0 Å². The molecule has 0 aliphatic rings. The molecule has 3 aromatic heterocycles. The highest BCUT2D eigenvalue weighted by Gasteiger charge is 2.21. The predicted molar refractivity (Wildman–Crippen MR) is 140 cm³/mol. The predicted octanol–water partition coefficient (Wildman–Crippen LogP) is 5.95. The first-order valence-electron chi connectivity index (χ1n) is 11.3. The molecule has 0 aliphatic heterocycles. The molecule has 0 bridgehead atoms. The van der Waals surface area contributed by atoms with E-state index in [4.69, 9.17) is 20.5 Å². The van der Waals surface area contributed by atoms with Crippen molar-refractivity contribution in [3.05, 3.63) is 96.8 Å². The number of aromatic nitrogens is 3. The highest BCUT2D eigenvalue weighted by molar-refractivity contribution is 6.32. The molecule has 0 saturated carbocycles. The van der Waals surface area contributed by atoms with Gasteiger partial charge in [-0.1, -0.05) is 22.8 Å². The quantitative estimate of drug-likeness (QED) is 0.305. The van der Waals surface area contributed by atoms with E-state index in [0.717, 1.165) is 22.3 Å². The molecule has 0 spiro atoms. The van der Waals surface area contributed by atoms with E-state index in [9.17, 15) is 9.59 Å². The summed E-state index contributed by atoms with van der Waals surface area (Å²) in [7, 11) is 0. The van der Waals surface area contributed by atoms with Crippen LogP contribution in [0.3, 0.4) is 0 Å². The van der Waals surface area contributed by atoms with Gasteiger partial charge in [-0.2, -0.15) is 0 Å². The van der Waals surface area contributed by atoms with Gasteiger partial charge in [-0.15, -0.1) is 0 Å². The van der Waals surface area contributed by atoms with E-state index in [1.54, 1.807) is 31.5 Å². The highest BCUT2D eigenvalue weighted by atomic mass is 35.5. The summed E-state index contributed by atoms with van der Waals surface area (Å²) >= 11 is 6.37. The zero-order chi connectivity index (χ0) is 25.6. The van der Waals surface area contributed by atoms with Gasteiger partial charge in [0, 0.05) is 45.4 Å². The van der Waals surface area contributed by atoms with Crippen LogP contribution in [0.15, 0.2) is 67.3 Å². The van der Waals surface area contributed by atoms with Gasteiger partial charge in [0.2, 0.25) is 0 Å². The molecule has 182 valence electrons. The van der Waals surface area contributed by atoms with E-state index < -0.39 is 5.76 Å². The van der Waals surface area contributed by atoms with Gasteiger partial charge in [-0.05, 0) is 69.2 Å². The van der Waals surface area contributed by atoms with Crippen LogP contribution in [0.4, 0.5) is 5.69 Å². The number of aryl methyl sites for hydroxylation is 1. The van der Waals surface area contributed by atoms with Crippen LogP contribution in [0.1, 0.15) is 35.2 Å². The molecule has 0 aliphatic carbocycles. The van der Waals surface area contributed by atoms with Gasteiger partial charge in [-0.25, -0.2) is 4.79 Å². The average Bonchev–Trinajstić information content (AvgIpc) is 3.29. The number of hydrogen-bond donors (Lipinski definition) is 2. The Kier molecular flexibility index (Phi) is 5.97. The molecule has 3 heterocycles. The highest BCUT2D eigenvalue weighted by Crippen LogP contribution is 2.37. The number of aromatic amines is 1. The Bertz CT molecular complexity index is 1720. The summed E-state index contributed by atoms with van der Waals surface area (Å²) in [4.78, 5) is 31.8. The van der Waals surface area contributed by atoms with Crippen molar-refractivity contribution >= 4 is 28.3 Å². The standard InChI is InChI=1S/C27H23ClN4O4/c1-13-10-18(25-19(11-13)23(33)15(3)24(35-25)17-6-5-9-29-12-17)16(4)30-21-8-7-20(28)14(2)22(21)26-31-27(34)36-32-26/h5-12,16,30H,1-4H3,(H,31,32,34). The number of fused-ring (bicyclic) bond motifs is 1. The number of hydrogen-bond acceptors (Lipinski definition) is 7. The first-order chi connectivity index (χ1) is 17.2. The zero-order valence-electron chi connectivity index (χ0n) is 20.1. The smallest absolute Gasteiger partial charge is 0.439 e. The third kappa shape index (κ3) is 4.09. The summed E-state index contributed by atoms with van der Waals surface area (Å²) in [6.45, 7) is 7.51. The number of nitrogens with zero attached hydrogens (tertiary/aromatic N) is 2. The fourth-order valence-corrected chi connectivity index (χ4v) is 4.58. The van der Waals surface area contributed by atoms with Gasteiger partial charge in [0.1, 0.15) is 11.3 Å². The molecular formula is C27H23ClN4O4. The van der Waals surface area contributed by atoms with Crippen molar-refractivity contribution in [2.45, 2.75) is 33.7 Å². The molecule has 2 N–H and O–H groups in total. The van der Waals surface area contributed by atoms with Crippen molar-refractivity contribution in [1.29, 1.82) is 0 Å². The number of nitrogens with one attached hydrogen (secondary N) is 2. The van der Waals surface area contributed by atoms with Crippen molar-refractivity contribution in [2.75, 3.05) is 5.32 Å². The molecule has 8 nitrogen and oxygen atoms in total. The lowest BCUT2D eigenvalue weighted by molar-refractivity contribution is 0.388. The Balaban J connectivity index is 1.67. The second kappa shape index (κ2) is 9.13. The third-order valence-corrected chi connectivity index (χ3v) is 6.64. The molecular weight excluding hydrogens is 480 g/mol. The van der Waals surface area contributed by atoms with Crippen molar-refractivity contribution in [3.8, 4) is 22.7 Å². The first kappa shape index (κ1) is 23.6. The summed E-state index contributed by atoms with van der Waals surface area (Å²) in [5.74, 6) is 0.0963. The minimum Gasteiger partial charge on any atom is -0.455 e. The molecule has 0 amide bonds.